The lowest BCUT2D eigenvalue weighted by Crippen LogP contribution is -1.94. The van der Waals surface area contributed by atoms with Crippen LogP contribution in [-0.2, 0) is 0 Å². The van der Waals surface area contributed by atoms with Crippen molar-refractivity contribution in [2.75, 3.05) is 6.61 Å². The molecule has 0 amide bonds. The molecule has 1 aromatic carbocycles. The van der Waals surface area contributed by atoms with Gasteiger partial charge in [-0.15, -0.1) is 11.6 Å². The third kappa shape index (κ3) is 2.88. The topological polar surface area (TPSA) is 9.23 Å². The standard InChI is InChI=1S/C10H12ClFO/c1-3-13-10-5-8(7(2)11)4-9(12)6-10/h4-7H,3H2,1-2H3. The van der Waals surface area contributed by atoms with Crippen LogP contribution >= 0.6 is 11.6 Å². The lowest BCUT2D eigenvalue weighted by atomic mass is 10.1. The van der Waals surface area contributed by atoms with Gasteiger partial charge in [0, 0.05) is 6.07 Å². The molecule has 0 aliphatic heterocycles. The highest BCUT2D eigenvalue weighted by atomic mass is 35.5. The molecule has 0 aliphatic rings. The SMILES string of the molecule is CCOc1cc(F)cc(C(C)Cl)c1. The van der Waals surface area contributed by atoms with Crippen molar-refractivity contribution in [3.05, 3.63) is 29.6 Å². The summed E-state index contributed by atoms with van der Waals surface area (Å²) in [7, 11) is 0. The highest BCUT2D eigenvalue weighted by Crippen LogP contribution is 2.25. The number of benzene rings is 1. The van der Waals surface area contributed by atoms with Crippen LogP contribution in [0.3, 0.4) is 0 Å². The Balaban J connectivity index is 2.96. The Morgan fingerprint density at radius 3 is 2.69 bits per heavy atom. The molecule has 0 bridgehead atoms. The van der Waals surface area contributed by atoms with Crippen LogP contribution in [0.15, 0.2) is 18.2 Å². The maximum Gasteiger partial charge on any atom is 0.127 e. The van der Waals surface area contributed by atoms with Gasteiger partial charge in [-0.1, -0.05) is 0 Å². The molecule has 1 rings (SSSR count). The van der Waals surface area contributed by atoms with Crippen LogP contribution in [0.5, 0.6) is 5.75 Å². The van der Waals surface area contributed by atoms with Gasteiger partial charge >= 0.3 is 0 Å². The minimum Gasteiger partial charge on any atom is -0.494 e. The second-order valence-electron chi connectivity index (χ2n) is 2.77. The highest BCUT2D eigenvalue weighted by molar-refractivity contribution is 6.20. The van der Waals surface area contributed by atoms with E-state index < -0.39 is 0 Å². The monoisotopic (exact) mass is 202 g/mol. The van der Waals surface area contributed by atoms with Crippen molar-refractivity contribution in [3.8, 4) is 5.75 Å². The van der Waals surface area contributed by atoms with Gasteiger partial charge < -0.3 is 4.74 Å². The fourth-order valence-corrected chi connectivity index (χ4v) is 1.19. The lowest BCUT2D eigenvalue weighted by Gasteiger charge is -2.07. The Bertz CT molecular complexity index is 286. The molecule has 0 aromatic heterocycles. The molecule has 13 heavy (non-hydrogen) atoms. The van der Waals surface area contributed by atoms with Crippen LogP contribution < -0.4 is 4.74 Å². The molecule has 1 unspecified atom stereocenters. The normalized spacial score (nSPS) is 12.6. The second kappa shape index (κ2) is 4.47. The molecule has 0 saturated carbocycles. The molecule has 1 aromatic rings. The molecule has 0 radical (unpaired) electrons. The van der Waals surface area contributed by atoms with Crippen LogP contribution in [0.4, 0.5) is 4.39 Å². The maximum atomic E-state index is 13.0. The Kier molecular flexibility index (Phi) is 3.55. The minimum absolute atomic E-state index is 0.199. The van der Waals surface area contributed by atoms with Gasteiger partial charge in [0.25, 0.3) is 0 Å². The molecule has 72 valence electrons. The van der Waals surface area contributed by atoms with Gasteiger partial charge in [0.05, 0.1) is 12.0 Å². The van der Waals surface area contributed by atoms with Gasteiger partial charge in [0.1, 0.15) is 11.6 Å². The predicted octanol–water partition coefficient (Wildman–Crippen LogP) is 3.52. The number of alkyl halides is 1. The molecule has 0 N–H and O–H groups in total. The van der Waals surface area contributed by atoms with Crippen molar-refractivity contribution in [2.24, 2.45) is 0 Å². The quantitative estimate of drug-likeness (QED) is 0.682. The summed E-state index contributed by atoms with van der Waals surface area (Å²) >= 11 is 5.83. The molecule has 0 fully saturated rings. The summed E-state index contributed by atoms with van der Waals surface area (Å²) in [5.74, 6) is 0.221. The van der Waals surface area contributed by atoms with Crippen molar-refractivity contribution in [3.63, 3.8) is 0 Å². The van der Waals surface area contributed by atoms with Crippen LogP contribution in [0.2, 0.25) is 0 Å². The summed E-state index contributed by atoms with van der Waals surface area (Å²) < 4.78 is 18.2. The summed E-state index contributed by atoms with van der Waals surface area (Å²) in [6.45, 7) is 4.18. The minimum atomic E-state index is -0.312. The number of halogens is 2. The van der Waals surface area contributed by atoms with E-state index in [1.807, 2.05) is 6.92 Å². The van der Waals surface area contributed by atoms with E-state index in [2.05, 4.69) is 0 Å². The molecule has 1 atom stereocenters. The van der Waals surface area contributed by atoms with E-state index >= 15 is 0 Å². The number of ether oxygens (including phenoxy) is 1. The second-order valence-corrected chi connectivity index (χ2v) is 3.42. The first kappa shape index (κ1) is 10.3. The number of hydrogen-bond acceptors (Lipinski definition) is 1. The molecule has 1 nitrogen and oxygen atoms in total. The van der Waals surface area contributed by atoms with Crippen molar-refractivity contribution >= 4 is 11.6 Å². The zero-order valence-electron chi connectivity index (χ0n) is 7.68. The zero-order chi connectivity index (χ0) is 9.84. The summed E-state index contributed by atoms with van der Waals surface area (Å²) in [6.07, 6.45) is 0. The van der Waals surface area contributed by atoms with E-state index in [1.165, 1.54) is 12.1 Å². The average molecular weight is 203 g/mol. The Hall–Kier alpha value is -0.760. The van der Waals surface area contributed by atoms with Crippen molar-refractivity contribution in [1.29, 1.82) is 0 Å². The number of hydrogen-bond donors (Lipinski definition) is 0. The van der Waals surface area contributed by atoms with E-state index in [4.69, 9.17) is 16.3 Å². The fraction of sp³-hybridized carbons (Fsp3) is 0.400. The third-order valence-corrected chi connectivity index (χ3v) is 1.92. The first-order chi connectivity index (χ1) is 6.13. The molecule has 3 heteroatoms. The molecular formula is C10H12ClFO. The molecule has 0 aliphatic carbocycles. The smallest absolute Gasteiger partial charge is 0.127 e. The zero-order valence-corrected chi connectivity index (χ0v) is 8.44. The van der Waals surface area contributed by atoms with Gasteiger partial charge in [0.15, 0.2) is 0 Å². The average Bonchev–Trinajstić information content (AvgIpc) is 2.03. The summed E-state index contributed by atoms with van der Waals surface area (Å²) in [5.41, 5.74) is 0.741. The molecule has 0 spiro atoms. The van der Waals surface area contributed by atoms with Gasteiger partial charge in [-0.2, -0.15) is 0 Å². The van der Waals surface area contributed by atoms with Gasteiger partial charge in [0.2, 0.25) is 0 Å². The van der Waals surface area contributed by atoms with E-state index in [0.717, 1.165) is 5.56 Å². The fourth-order valence-electron chi connectivity index (χ4n) is 1.06. The van der Waals surface area contributed by atoms with Crippen LogP contribution in [0.1, 0.15) is 24.8 Å². The van der Waals surface area contributed by atoms with E-state index in [0.29, 0.717) is 12.4 Å². The Morgan fingerprint density at radius 2 is 2.15 bits per heavy atom. The predicted molar refractivity (Wildman–Crippen MR) is 51.8 cm³/mol. The summed E-state index contributed by atoms with van der Waals surface area (Å²) in [6, 6.07) is 4.52. The maximum absolute atomic E-state index is 13.0. The Labute approximate surface area is 82.5 Å². The van der Waals surface area contributed by atoms with Crippen LogP contribution in [0, 0.1) is 5.82 Å². The van der Waals surface area contributed by atoms with Crippen molar-refractivity contribution in [2.45, 2.75) is 19.2 Å². The van der Waals surface area contributed by atoms with Crippen LogP contribution in [0.25, 0.3) is 0 Å². The Morgan fingerprint density at radius 1 is 1.46 bits per heavy atom. The van der Waals surface area contributed by atoms with Gasteiger partial charge in [-0.05, 0) is 31.5 Å². The molecule has 0 saturated heterocycles. The van der Waals surface area contributed by atoms with Gasteiger partial charge in [-0.25, -0.2) is 4.39 Å². The summed E-state index contributed by atoms with van der Waals surface area (Å²) in [4.78, 5) is 0. The molecule has 0 heterocycles. The van der Waals surface area contributed by atoms with E-state index in [9.17, 15) is 4.39 Å². The highest BCUT2D eigenvalue weighted by Gasteiger charge is 2.05. The van der Waals surface area contributed by atoms with Crippen molar-refractivity contribution in [1.82, 2.24) is 0 Å². The summed E-state index contributed by atoms with van der Waals surface area (Å²) in [5, 5.41) is -0.199. The van der Waals surface area contributed by atoms with Crippen LogP contribution in [-0.4, -0.2) is 6.61 Å². The lowest BCUT2D eigenvalue weighted by molar-refractivity contribution is 0.338. The number of rotatable bonds is 3. The van der Waals surface area contributed by atoms with Crippen molar-refractivity contribution < 1.29 is 9.13 Å². The van der Waals surface area contributed by atoms with E-state index in [1.54, 1.807) is 13.0 Å². The third-order valence-electron chi connectivity index (χ3n) is 1.66. The molecular weight excluding hydrogens is 191 g/mol. The first-order valence-electron chi connectivity index (χ1n) is 4.21. The van der Waals surface area contributed by atoms with E-state index in [-0.39, 0.29) is 11.2 Å². The van der Waals surface area contributed by atoms with Gasteiger partial charge in [-0.3, -0.25) is 0 Å². The largest absolute Gasteiger partial charge is 0.494 e. The first-order valence-corrected chi connectivity index (χ1v) is 4.64.